The summed E-state index contributed by atoms with van der Waals surface area (Å²) in [4.78, 5) is 4.93. The van der Waals surface area contributed by atoms with Gasteiger partial charge in [-0.25, -0.2) is 4.39 Å². The number of hydrogen-bond donors (Lipinski definition) is 0. The molecule has 1 aromatic rings. The highest BCUT2D eigenvalue weighted by Gasteiger charge is 2.00. The molecule has 2 nitrogen and oxygen atoms in total. The lowest BCUT2D eigenvalue weighted by molar-refractivity contribution is 0.338. The summed E-state index contributed by atoms with van der Waals surface area (Å²) in [6.07, 6.45) is 0. The van der Waals surface area contributed by atoms with Crippen LogP contribution >= 0.6 is 15.9 Å². The number of rotatable bonds is 2. The highest BCUT2D eigenvalue weighted by Crippen LogP contribution is 2.20. The van der Waals surface area contributed by atoms with Crippen molar-refractivity contribution < 1.29 is 9.23 Å². The summed E-state index contributed by atoms with van der Waals surface area (Å²) in [6, 6.07) is 4.49. The fraction of sp³-hybridized carbons (Fsp3) is 0.222. The first-order valence-corrected chi connectivity index (χ1v) is 4.52. The number of benzene rings is 1. The molecule has 0 bridgehead atoms. The summed E-state index contributed by atoms with van der Waals surface area (Å²) in [5, 5.41) is 3.70. The smallest absolute Gasteiger partial charge is 0.160 e. The van der Waals surface area contributed by atoms with Crippen LogP contribution in [0.25, 0.3) is 0 Å². The summed E-state index contributed by atoms with van der Waals surface area (Å²) in [5.41, 5.74) is 0.781. The summed E-state index contributed by atoms with van der Waals surface area (Å²) in [6.45, 7) is 3.60. The van der Waals surface area contributed by atoms with Crippen LogP contribution in [-0.2, 0) is 0 Å². The van der Waals surface area contributed by atoms with E-state index in [0.29, 0.717) is 10.2 Å². The zero-order chi connectivity index (χ0) is 9.84. The average molecular weight is 246 g/mol. The minimum Gasteiger partial charge on any atom is -0.357 e. The van der Waals surface area contributed by atoms with Gasteiger partial charge >= 0.3 is 0 Å². The van der Waals surface area contributed by atoms with Gasteiger partial charge in [0.25, 0.3) is 0 Å². The quantitative estimate of drug-likeness (QED) is 0.579. The minimum absolute atomic E-state index is 0.360. The minimum atomic E-state index is -0.360. The van der Waals surface area contributed by atoms with E-state index in [4.69, 9.17) is 4.84 Å². The SMILES string of the molecule is CC(C)=NOc1ccc(Br)c(F)c1. The van der Waals surface area contributed by atoms with Gasteiger partial charge in [0, 0.05) is 6.07 Å². The molecule has 0 saturated heterocycles. The first kappa shape index (κ1) is 10.2. The lowest BCUT2D eigenvalue weighted by Gasteiger charge is -1.99. The first-order valence-electron chi connectivity index (χ1n) is 3.73. The van der Waals surface area contributed by atoms with Crippen molar-refractivity contribution in [3.8, 4) is 5.75 Å². The van der Waals surface area contributed by atoms with Gasteiger partial charge in [0.05, 0.1) is 10.2 Å². The molecule has 0 aliphatic heterocycles. The van der Waals surface area contributed by atoms with E-state index in [0.717, 1.165) is 5.71 Å². The fourth-order valence-corrected chi connectivity index (χ4v) is 0.924. The molecule has 0 heterocycles. The summed E-state index contributed by atoms with van der Waals surface area (Å²) >= 11 is 3.04. The lowest BCUT2D eigenvalue weighted by atomic mass is 10.3. The van der Waals surface area contributed by atoms with E-state index in [1.807, 2.05) is 0 Å². The third kappa shape index (κ3) is 3.14. The number of nitrogens with zero attached hydrogens (tertiary/aromatic N) is 1. The molecule has 4 heteroatoms. The molecule has 0 fully saturated rings. The third-order valence-corrected chi connectivity index (χ3v) is 1.87. The standard InChI is InChI=1S/C9H9BrFNO/c1-6(2)12-13-7-3-4-8(10)9(11)5-7/h3-5H,1-2H3. The Balaban J connectivity index is 2.80. The Hall–Kier alpha value is -0.900. The van der Waals surface area contributed by atoms with Crippen LogP contribution in [0.3, 0.4) is 0 Å². The van der Waals surface area contributed by atoms with Crippen molar-refractivity contribution in [1.82, 2.24) is 0 Å². The molecule has 0 saturated carbocycles. The van der Waals surface area contributed by atoms with E-state index in [-0.39, 0.29) is 5.82 Å². The average Bonchev–Trinajstić information content (AvgIpc) is 2.07. The largest absolute Gasteiger partial charge is 0.357 e. The van der Waals surface area contributed by atoms with Crippen LogP contribution in [0.2, 0.25) is 0 Å². The molecule has 70 valence electrons. The Labute approximate surface area is 84.5 Å². The van der Waals surface area contributed by atoms with E-state index in [1.54, 1.807) is 26.0 Å². The molecule has 0 N–H and O–H groups in total. The van der Waals surface area contributed by atoms with Crippen molar-refractivity contribution in [3.05, 3.63) is 28.5 Å². The summed E-state index contributed by atoms with van der Waals surface area (Å²) in [7, 11) is 0. The predicted octanol–water partition coefficient (Wildman–Crippen LogP) is 3.36. The second-order valence-corrected chi connectivity index (χ2v) is 3.56. The molecular formula is C9H9BrFNO. The highest BCUT2D eigenvalue weighted by atomic mass is 79.9. The summed E-state index contributed by atoms with van der Waals surface area (Å²) in [5.74, 6) is 0.0309. The normalized spacial score (nSPS) is 9.54. The molecule has 0 aromatic heterocycles. The highest BCUT2D eigenvalue weighted by molar-refractivity contribution is 9.10. The molecule has 0 radical (unpaired) electrons. The Morgan fingerprint density at radius 2 is 2.15 bits per heavy atom. The maximum absolute atomic E-state index is 12.9. The van der Waals surface area contributed by atoms with Gasteiger partial charge in [-0.3, -0.25) is 0 Å². The van der Waals surface area contributed by atoms with Crippen LogP contribution in [0.1, 0.15) is 13.8 Å². The zero-order valence-electron chi connectivity index (χ0n) is 7.34. The maximum Gasteiger partial charge on any atom is 0.160 e. The predicted molar refractivity (Wildman–Crippen MR) is 53.5 cm³/mol. The Kier molecular flexibility index (Phi) is 3.42. The van der Waals surface area contributed by atoms with Crippen LogP contribution in [0, 0.1) is 5.82 Å². The van der Waals surface area contributed by atoms with Gasteiger partial charge in [-0.15, -0.1) is 0 Å². The number of oxime groups is 1. The molecular weight excluding hydrogens is 237 g/mol. The molecule has 13 heavy (non-hydrogen) atoms. The molecule has 0 spiro atoms. The maximum atomic E-state index is 12.9. The third-order valence-electron chi connectivity index (χ3n) is 1.22. The number of halogens is 2. The second-order valence-electron chi connectivity index (χ2n) is 2.71. The van der Waals surface area contributed by atoms with Crippen molar-refractivity contribution in [3.63, 3.8) is 0 Å². The molecule has 0 atom stereocenters. The number of hydrogen-bond acceptors (Lipinski definition) is 2. The molecule has 0 unspecified atom stereocenters. The molecule has 1 rings (SSSR count). The molecule has 0 aliphatic carbocycles. The van der Waals surface area contributed by atoms with Crippen molar-refractivity contribution in [2.45, 2.75) is 13.8 Å². The lowest BCUT2D eigenvalue weighted by Crippen LogP contribution is -1.89. The first-order chi connectivity index (χ1) is 6.09. The van der Waals surface area contributed by atoms with E-state index in [2.05, 4.69) is 21.1 Å². The van der Waals surface area contributed by atoms with E-state index in [1.165, 1.54) is 6.07 Å². The van der Waals surface area contributed by atoms with Gasteiger partial charge in [0.15, 0.2) is 5.75 Å². The van der Waals surface area contributed by atoms with Crippen LogP contribution in [0.5, 0.6) is 5.75 Å². The van der Waals surface area contributed by atoms with E-state index >= 15 is 0 Å². The van der Waals surface area contributed by atoms with Gasteiger partial charge in [-0.2, -0.15) is 0 Å². The van der Waals surface area contributed by atoms with Gasteiger partial charge in [0.2, 0.25) is 0 Å². The van der Waals surface area contributed by atoms with Crippen molar-refractivity contribution in [2.24, 2.45) is 5.16 Å². The second kappa shape index (κ2) is 4.37. The fourth-order valence-electron chi connectivity index (χ4n) is 0.678. The van der Waals surface area contributed by atoms with Crippen molar-refractivity contribution >= 4 is 21.6 Å². The van der Waals surface area contributed by atoms with Gasteiger partial charge in [-0.1, -0.05) is 5.16 Å². The van der Waals surface area contributed by atoms with E-state index < -0.39 is 0 Å². The topological polar surface area (TPSA) is 21.6 Å². The zero-order valence-corrected chi connectivity index (χ0v) is 8.93. The summed E-state index contributed by atoms with van der Waals surface area (Å²) < 4.78 is 13.3. The van der Waals surface area contributed by atoms with Crippen LogP contribution in [0.15, 0.2) is 27.8 Å². The van der Waals surface area contributed by atoms with Crippen LogP contribution in [-0.4, -0.2) is 5.71 Å². The Bertz CT molecular complexity index is 334. The van der Waals surface area contributed by atoms with Crippen LogP contribution in [0.4, 0.5) is 4.39 Å². The monoisotopic (exact) mass is 245 g/mol. The molecule has 1 aromatic carbocycles. The molecule has 0 amide bonds. The van der Waals surface area contributed by atoms with Crippen molar-refractivity contribution in [2.75, 3.05) is 0 Å². The van der Waals surface area contributed by atoms with Crippen molar-refractivity contribution in [1.29, 1.82) is 0 Å². The van der Waals surface area contributed by atoms with Gasteiger partial charge in [0.1, 0.15) is 5.82 Å². The van der Waals surface area contributed by atoms with Crippen LogP contribution < -0.4 is 4.84 Å². The van der Waals surface area contributed by atoms with E-state index in [9.17, 15) is 4.39 Å². The molecule has 0 aliphatic rings. The Morgan fingerprint density at radius 3 is 2.69 bits per heavy atom. The van der Waals surface area contributed by atoms with Gasteiger partial charge in [-0.05, 0) is 41.9 Å². The van der Waals surface area contributed by atoms with Gasteiger partial charge < -0.3 is 4.84 Å². The Morgan fingerprint density at radius 1 is 1.46 bits per heavy atom.